The minimum atomic E-state index is 0.303. The van der Waals surface area contributed by atoms with E-state index in [2.05, 4.69) is 25.1 Å². The Bertz CT molecular complexity index is 208. The zero-order chi connectivity index (χ0) is 11.8. The molecular formula is C15H27N. The summed E-state index contributed by atoms with van der Waals surface area (Å²) < 4.78 is 0. The van der Waals surface area contributed by atoms with Gasteiger partial charge in [0.1, 0.15) is 0 Å². The molecule has 1 aliphatic carbocycles. The lowest BCUT2D eigenvalue weighted by molar-refractivity contribution is 0.269. The van der Waals surface area contributed by atoms with Crippen LogP contribution in [0.5, 0.6) is 0 Å². The number of nitrogens with one attached hydrogen (secondary N) is 1. The van der Waals surface area contributed by atoms with Crippen LogP contribution in [0.3, 0.4) is 0 Å². The summed E-state index contributed by atoms with van der Waals surface area (Å²) in [7, 11) is 0. The van der Waals surface area contributed by atoms with Crippen LogP contribution in [0.25, 0.3) is 0 Å². The van der Waals surface area contributed by atoms with Crippen LogP contribution in [-0.4, -0.2) is 12.1 Å². The van der Waals surface area contributed by atoms with Crippen molar-refractivity contribution in [3.05, 3.63) is 0 Å². The third-order valence-electron chi connectivity index (χ3n) is 3.76. The summed E-state index contributed by atoms with van der Waals surface area (Å²) in [6, 6.07) is 0.985. The lowest BCUT2D eigenvalue weighted by Gasteiger charge is -2.30. The van der Waals surface area contributed by atoms with E-state index < -0.39 is 0 Å². The monoisotopic (exact) mass is 221 g/mol. The van der Waals surface area contributed by atoms with Gasteiger partial charge in [-0.1, -0.05) is 39.0 Å². The molecule has 1 rings (SSSR count). The maximum absolute atomic E-state index is 5.54. The predicted molar refractivity (Wildman–Crippen MR) is 71.3 cm³/mol. The Labute approximate surface area is 101 Å². The van der Waals surface area contributed by atoms with Gasteiger partial charge in [0.2, 0.25) is 0 Å². The third kappa shape index (κ3) is 4.58. The lowest BCUT2D eigenvalue weighted by atomic mass is 9.83. The van der Waals surface area contributed by atoms with E-state index in [1.165, 1.54) is 44.9 Å². The van der Waals surface area contributed by atoms with Crippen molar-refractivity contribution in [3.63, 3.8) is 0 Å². The molecule has 0 heterocycles. The van der Waals surface area contributed by atoms with Gasteiger partial charge in [-0.25, -0.2) is 0 Å². The molecule has 92 valence electrons. The second-order valence-electron chi connectivity index (χ2n) is 5.18. The molecule has 0 aliphatic heterocycles. The summed E-state index contributed by atoms with van der Waals surface area (Å²) in [4.78, 5) is 0. The molecule has 0 aromatic carbocycles. The molecule has 1 atom stereocenters. The molecule has 1 N–H and O–H groups in total. The smallest absolute Gasteiger partial charge is 0.0688 e. The van der Waals surface area contributed by atoms with Gasteiger partial charge in [-0.15, -0.1) is 6.42 Å². The topological polar surface area (TPSA) is 12.0 Å². The van der Waals surface area contributed by atoms with Crippen LogP contribution < -0.4 is 5.32 Å². The number of rotatable bonds is 6. The molecule has 1 nitrogen and oxygen atoms in total. The zero-order valence-corrected chi connectivity index (χ0v) is 11.0. The highest BCUT2D eigenvalue weighted by molar-refractivity contribution is 5.00. The van der Waals surface area contributed by atoms with Crippen molar-refractivity contribution >= 4 is 0 Å². The van der Waals surface area contributed by atoms with E-state index in [9.17, 15) is 0 Å². The van der Waals surface area contributed by atoms with Crippen LogP contribution in [0.15, 0.2) is 0 Å². The predicted octanol–water partition coefficient (Wildman–Crippen LogP) is 3.74. The second kappa shape index (κ2) is 7.74. The standard InChI is InChI=1S/C15H27N/c1-4-7-13-9-11-15(12-10-13)16-14(6-3)8-5-2/h3,13-16H,4-5,7-12H2,1-2H3. The summed E-state index contributed by atoms with van der Waals surface area (Å²) in [6.07, 6.45) is 16.0. The van der Waals surface area contributed by atoms with Gasteiger partial charge >= 0.3 is 0 Å². The SMILES string of the molecule is C#CC(CCC)NC1CCC(CCC)CC1. The first-order valence-corrected chi connectivity index (χ1v) is 7.02. The van der Waals surface area contributed by atoms with E-state index >= 15 is 0 Å². The molecule has 0 aromatic heterocycles. The molecule has 0 spiro atoms. The van der Waals surface area contributed by atoms with Gasteiger partial charge in [0.15, 0.2) is 0 Å². The van der Waals surface area contributed by atoms with E-state index in [1.807, 2.05) is 0 Å². The van der Waals surface area contributed by atoms with Crippen molar-refractivity contribution in [2.75, 3.05) is 0 Å². The highest BCUT2D eigenvalue weighted by Crippen LogP contribution is 2.27. The molecular weight excluding hydrogens is 194 g/mol. The van der Waals surface area contributed by atoms with E-state index in [4.69, 9.17) is 6.42 Å². The average molecular weight is 221 g/mol. The number of hydrogen-bond acceptors (Lipinski definition) is 1. The van der Waals surface area contributed by atoms with Crippen molar-refractivity contribution < 1.29 is 0 Å². The molecule has 1 fully saturated rings. The Kier molecular flexibility index (Phi) is 6.57. The molecule has 0 amide bonds. The molecule has 0 aromatic rings. The van der Waals surface area contributed by atoms with E-state index in [-0.39, 0.29) is 0 Å². The first kappa shape index (κ1) is 13.6. The Morgan fingerprint density at radius 2 is 1.88 bits per heavy atom. The van der Waals surface area contributed by atoms with Gasteiger partial charge in [-0.2, -0.15) is 0 Å². The molecule has 1 saturated carbocycles. The van der Waals surface area contributed by atoms with E-state index in [1.54, 1.807) is 0 Å². The Balaban J connectivity index is 2.23. The highest BCUT2D eigenvalue weighted by atomic mass is 14.9. The maximum atomic E-state index is 5.54. The van der Waals surface area contributed by atoms with Crippen molar-refractivity contribution in [1.29, 1.82) is 0 Å². The summed E-state index contributed by atoms with van der Waals surface area (Å²) in [6.45, 7) is 4.49. The molecule has 1 heteroatoms. The normalized spacial score (nSPS) is 27.3. The van der Waals surface area contributed by atoms with Crippen LogP contribution in [0.2, 0.25) is 0 Å². The fourth-order valence-corrected chi connectivity index (χ4v) is 2.81. The summed E-state index contributed by atoms with van der Waals surface area (Å²) >= 11 is 0. The minimum absolute atomic E-state index is 0.303. The quantitative estimate of drug-likeness (QED) is 0.674. The second-order valence-corrected chi connectivity index (χ2v) is 5.18. The zero-order valence-electron chi connectivity index (χ0n) is 11.0. The van der Waals surface area contributed by atoms with Gasteiger partial charge in [-0.3, -0.25) is 0 Å². The fourth-order valence-electron chi connectivity index (χ4n) is 2.81. The van der Waals surface area contributed by atoms with Gasteiger partial charge in [-0.05, 0) is 38.0 Å². The molecule has 16 heavy (non-hydrogen) atoms. The first-order chi connectivity index (χ1) is 7.80. The lowest BCUT2D eigenvalue weighted by Crippen LogP contribution is -2.39. The molecule has 1 unspecified atom stereocenters. The number of terminal acetylenes is 1. The largest absolute Gasteiger partial charge is 0.301 e. The average Bonchev–Trinajstić information content (AvgIpc) is 2.31. The number of hydrogen-bond donors (Lipinski definition) is 1. The Morgan fingerprint density at radius 1 is 1.19 bits per heavy atom. The maximum Gasteiger partial charge on any atom is 0.0688 e. The molecule has 1 aliphatic rings. The molecule has 0 radical (unpaired) electrons. The van der Waals surface area contributed by atoms with Gasteiger partial charge < -0.3 is 5.32 Å². The van der Waals surface area contributed by atoms with Crippen LogP contribution >= 0.6 is 0 Å². The van der Waals surface area contributed by atoms with Crippen LogP contribution in [-0.2, 0) is 0 Å². The van der Waals surface area contributed by atoms with E-state index in [0.717, 1.165) is 12.3 Å². The minimum Gasteiger partial charge on any atom is -0.301 e. The van der Waals surface area contributed by atoms with Crippen LogP contribution in [0, 0.1) is 18.3 Å². The summed E-state index contributed by atoms with van der Waals surface area (Å²) in [5.41, 5.74) is 0. The van der Waals surface area contributed by atoms with Gasteiger partial charge in [0.05, 0.1) is 6.04 Å². The van der Waals surface area contributed by atoms with Crippen LogP contribution in [0.1, 0.15) is 65.2 Å². The van der Waals surface area contributed by atoms with Crippen molar-refractivity contribution in [1.82, 2.24) is 5.32 Å². The van der Waals surface area contributed by atoms with E-state index in [0.29, 0.717) is 12.1 Å². The molecule has 0 saturated heterocycles. The van der Waals surface area contributed by atoms with Crippen molar-refractivity contribution in [2.45, 2.75) is 77.3 Å². The molecule has 0 bridgehead atoms. The van der Waals surface area contributed by atoms with Crippen molar-refractivity contribution in [3.8, 4) is 12.3 Å². The summed E-state index contributed by atoms with van der Waals surface area (Å²) in [5, 5.41) is 3.63. The Morgan fingerprint density at radius 3 is 2.38 bits per heavy atom. The van der Waals surface area contributed by atoms with Gasteiger partial charge in [0, 0.05) is 6.04 Å². The van der Waals surface area contributed by atoms with Crippen molar-refractivity contribution in [2.24, 2.45) is 5.92 Å². The van der Waals surface area contributed by atoms with Gasteiger partial charge in [0.25, 0.3) is 0 Å². The fraction of sp³-hybridized carbons (Fsp3) is 0.867. The third-order valence-corrected chi connectivity index (χ3v) is 3.76. The summed E-state index contributed by atoms with van der Waals surface area (Å²) in [5.74, 6) is 3.86. The Hall–Kier alpha value is -0.480. The first-order valence-electron chi connectivity index (χ1n) is 7.02. The highest BCUT2D eigenvalue weighted by Gasteiger charge is 2.21. The van der Waals surface area contributed by atoms with Crippen LogP contribution in [0.4, 0.5) is 0 Å².